The lowest BCUT2D eigenvalue weighted by Crippen LogP contribution is -2.20. The number of hydrogen-bond acceptors (Lipinski definition) is 3. The molecule has 3 heteroatoms. The largest absolute Gasteiger partial charge is 0.392 e. The zero-order chi connectivity index (χ0) is 6.69. The Labute approximate surface area is 58.9 Å². The molecule has 1 aliphatic heterocycles. The SMILES string of the molecule is N#C[C@H]1CC[C@H](O)CS1. The zero-order valence-corrected chi connectivity index (χ0v) is 5.90. The summed E-state index contributed by atoms with van der Waals surface area (Å²) < 4.78 is 0. The minimum atomic E-state index is -0.167. The highest BCUT2D eigenvalue weighted by Gasteiger charge is 2.18. The number of nitrogens with zero attached hydrogens (tertiary/aromatic N) is 1. The van der Waals surface area contributed by atoms with E-state index in [1.165, 1.54) is 0 Å². The van der Waals surface area contributed by atoms with Crippen LogP contribution in [0, 0.1) is 11.3 Å². The molecule has 0 saturated carbocycles. The van der Waals surface area contributed by atoms with Gasteiger partial charge in [-0.3, -0.25) is 0 Å². The highest BCUT2D eigenvalue weighted by Crippen LogP contribution is 2.24. The second-order valence-electron chi connectivity index (χ2n) is 2.18. The number of aliphatic hydroxyl groups is 1. The van der Waals surface area contributed by atoms with Gasteiger partial charge in [0.1, 0.15) is 0 Å². The van der Waals surface area contributed by atoms with Crippen molar-refractivity contribution in [1.29, 1.82) is 5.26 Å². The van der Waals surface area contributed by atoms with Crippen molar-refractivity contribution in [2.45, 2.75) is 24.2 Å². The maximum Gasteiger partial charge on any atom is 0.0918 e. The van der Waals surface area contributed by atoms with Crippen LogP contribution in [0.1, 0.15) is 12.8 Å². The molecule has 0 aromatic rings. The normalized spacial score (nSPS) is 35.6. The maximum atomic E-state index is 8.99. The highest BCUT2D eigenvalue weighted by molar-refractivity contribution is 8.00. The molecule has 0 spiro atoms. The van der Waals surface area contributed by atoms with Crippen molar-refractivity contribution in [2.24, 2.45) is 0 Å². The van der Waals surface area contributed by atoms with Gasteiger partial charge in [0.05, 0.1) is 17.4 Å². The van der Waals surface area contributed by atoms with Gasteiger partial charge < -0.3 is 5.11 Å². The van der Waals surface area contributed by atoms with Gasteiger partial charge in [-0.15, -0.1) is 11.8 Å². The zero-order valence-electron chi connectivity index (χ0n) is 5.08. The second-order valence-corrected chi connectivity index (χ2v) is 3.42. The average Bonchev–Trinajstić information content (AvgIpc) is 1.90. The first kappa shape index (κ1) is 6.91. The van der Waals surface area contributed by atoms with Crippen LogP contribution in [0.4, 0.5) is 0 Å². The molecule has 1 fully saturated rings. The minimum absolute atomic E-state index is 0.133. The first-order valence-corrected chi connectivity index (χ1v) is 4.07. The van der Waals surface area contributed by atoms with Crippen LogP contribution in [0.25, 0.3) is 0 Å². The fourth-order valence-electron chi connectivity index (χ4n) is 0.839. The molecule has 0 aromatic heterocycles. The van der Waals surface area contributed by atoms with E-state index in [0.717, 1.165) is 18.6 Å². The van der Waals surface area contributed by atoms with Crippen molar-refractivity contribution < 1.29 is 5.11 Å². The lowest BCUT2D eigenvalue weighted by Gasteiger charge is -2.19. The molecule has 1 N–H and O–H groups in total. The molecule has 0 aliphatic carbocycles. The monoisotopic (exact) mass is 143 g/mol. The molecule has 0 bridgehead atoms. The van der Waals surface area contributed by atoms with E-state index < -0.39 is 0 Å². The predicted molar refractivity (Wildman–Crippen MR) is 37.1 cm³/mol. The third-order valence-electron chi connectivity index (χ3n) is 1.40. The van der Waals surface area contributed by atoms with Gasteiger partial charge in [-0.2, -0.15) is 5.26 Å². The van der Waals surface area contributed by atoms with Crippen molar-refractivity contribution in [3.05, 3.63) is 0 Å². The van der Waals surface area contributed by atoms with Crippen molar-refractivity contribution in [2.75, 3.05) is 5.75 Å². The summed E-state index contributed by atoms with van der Waals surface area (Å²) >= 11 is 1.56. The van der Waals surface area contributed by atoms with Crippen LogP contribution < -0.4 is 0 Å². The van der Waals surface area contributed by atoms with Crippen molar-refractivity contribution >= 4 is 11.8 Å². The molecule has 50 valence electrons. The van der Waals surface area contributed by atoms with E-state index in [2.05, 4.69) is 6.07 Å². The summed E-state index contributed by atoms with van der Waals surface area (Å²) in [5.41, 5.74) is 0. The lowest BCUT2D eigenvalue weighted by atomic mass is 10.2. The molecular weight excluding hydrogens is 134 g/mol. The van der Waals surface area contributed by atoms with Crippen molar-refractivity contribution in [1.82, 2.24) is 0 Å². The topological polar surface area (TPSA) is 44.0 Å². The Morgan fingerprint density at radius 2 is 2.33 bits per heavy atom. The Balaban J connectivity index is 2.28. The molecule has 0 unspecified atom stereocenters. The second kappa shape index (κ2) is 3.09. The molecule has 1 saturated heterocycles. The molecule has 1 aliphatic rings. The predicted octanol–water partition coefficient (Wildman–Crippen LogP) is 0.766. The lowest BCUT2D eigenvalue weighted by molar-refractivity contribution is 0.183. The summed E-state index contributed by atoms with van der Waals surface area (Å²) in [5.74, 6) is 0.734. The van der Waals surface area contributed by atoms with Crippen LogP contribution in [0.5, 0.6) is 0 Å². The van der Waals surface area contributed by atoms with E-state index >= 15 is 0 Å². The van der Waals surface area contributed by atoms with Gasteiger partial charge in [0.2, 0.25) is 0 Å². The van der Waals surface area contributed by atoms with Gasteiger partial charge >= 0.3 is 0 Å². The molecule has 1 rings (SSSR count). The number of nitriles is 1. The molecule has 0 amide bonds. The first-order chi connectivity index (χ1) is 4.33. The number of thioether (sulfide) groups is 1. The third-order valence-corrected chi connectivity index (χ3v) is 2.72. The van der Waals surface area contributed by atoms with Gasteiger partial charge in [-0.1, -0.05) is 0 Å². The van der Waals surface area contributed by atoms with Gasteiger partial charge in [-0.25, -0.2) is 0 Å². The minimum Gasteiger partial charge on any atom is -0.392 e. The summed E-state index contributed by atoms with van der Waals surface area (Å²) in [6.07, 6.45) is 1.48. The molecule has 2 atom stereocenters. The molecular formula is C6H9NOS. The summed E-state index contributed by atoms with van der Waals surface area (Å²) in [5, 5.41) is 17.5. The van der Waals surface area contributed by atoms with Crippen LogP contribution >= 0.6 is 11.8 Å². The molecule has 1 heterocycles. The Kier molecular flexibility index (Phi) is 2.38. The van der Waals surface area contributed by atoms with Gasteiger partial charge in [0, 0.05) is 5.75 Å². The maximum absolute atomic E-state index is 8.99. The van der Waals surface area contributed by atoms with Gasteiger partial charge in [0.25, 0.3) is 0 Å². The van der Waals surface area contributed by atoms with E-state index in [1.54, 1.807) is 11.8 Å². The van der Waals surface area contributed by atoms with Gasteiger partial charge in [0.15, 0.2) is 0 Å². The highest BCUT2D eigenvalue weighted by atomic mass is 32.2. The van der Waals surface area contributed by atoms with Crippen LogP contribution in [-0.2, 0) is 0 Å². The van der Waals surface area contributed by atoms with Gasteiger partial charge in [-0.05, 0) is 12.8 Å². The first-order valence-electron chi connectivity index (χ1n) is 3.02. The van der Waals surface area contributed by atoms with Crippen molar-refractivity contribution in [3.63, 3.8) is 0 Å². The number of rotatable bonds is 0. The summed E-state index contributed by atoms with van der Waals surface area (Å²) in [6, 6.07) is 2.18. The smallest absolute Gasteiger partial charge is 0.0918 e. The summed E-state index contributed by atoms with van der Waals surface area (Å²) in [7, 11) is 0. The fourth-order valence-corrected chi connectivity index (χ4v) is 1.84. The van der Waals surface area contributed by atoms with Crippen LogP contribution in [0.3, 0.4) is 0 Å². The third kappa shape index (κ3) is 1.88. The standard InChI is InChI=1S/C6H9NOS/c7-3-6-2-1-5(8)4-9-6/h5-6,8H,1-2,4H2/t5-,6+/m0/s1. The molecule has 2 nitrogen and oxygen atoms in total. The Morgan fingerprint density at radius 3 is 2.78 bits per heavy atom. The summed E-state index contributed by atoms with van der Waals surface area (Å²) in [6.45, 7) is 0. The number of hydrogen-bond donors (Lipinski definition) is 1. The van der Waals surface area contributed by atoms with Crippen LogP contribution in [0.15, 0.2) is 0 Å². The van der Waals surface area contributed by atoms with E-state index in [1.807, 2.05) is 0 Å². The molecule has 9 heavy (non-hydrogen) atoms. The Bertz CT molecular complexity index is 124. The molecule has 0 aromatic carbocycles. The average molecular weight is 143 g/mol. The van der Waals surface area contributed by atoms with Crippen LogP contribution in [0.2, 0.25) is 0 Å². The quantitative estimate of drug-likeness (QED) is 0.544. The number of aliphatic hydroxyl groups excluding tert-OH is 1. The fraction of sp³-hybridized carbons (Fsp3) is 0.833. The molecule has 0 radical (unpaired) electrons. The Morgan fingerprint density at radius 1 is 1.56 bits per heavy atom. The van der Waals surface area contributed by atoms with Crippen molar-refractivity contribution in [3.8, 4) is 6.07 Å². The Hall–Kier alpha value is -0.200. The van der Waals surface area contributed by atoms with E-state index in [0.29, 0.717) is 0 Å². The summed E-state index contributed by atoms with van der Waals surface area (Å²) in [4.78, 5) is 0. The van der Waals surface area contributed by atoms with E-state index in [-0.39, 0.29) is 11.4 Å². The van der Waals surface area contributed by atoms with E-state index in [4.69, 9.17) is 10.4 Å². The van der Waals surface area contributed by atoms with E-state index in [9.17, 15) is 0 Å². The van der Waals surface area contributed by atoms with Crippen LogP contribution in [-0.4, -0.2) is 22.2 Å².